The third-order valence-electron chi connectivity index (χ3n) is 2.76. The first-order chi connectivity index (χ1) is 9.32. The van der Waals surface area contributed by atoms with Crippen LogP contribution in [0, 0.1) is 0 Å². The first-order valence-corrected chi connectivity index (χ1v) is 7.36. The maximum atomic E-state index is 11.9. The van der Waals surface area contributed by atoms with Crippen molar-refractivity contribution in [3.8, 4) is 5.75 Å². The van der Waals surface area contributed by atoms with Crippen LogP contribution >= 0.6 is 58.0 Å². The molecule has 1 fully saturated rings. The summed E-state index contributed by atoms with van der Waals surface area (Å²) in [6.07, 6.45) is -0.362. The van der Waals surface area contributed by atoms with Crippen LogP contribution in [0.15, 0.2) is 0 Å². The number of carbonyl (C=O) groups is 1. The van der Waals surface area contributed by atoms with Gasteiger partial charge in [-0.2, -0.15) is 0 Å². The minimum absolute atomic E-state index is 0.0162. The van der Waals surface area contributed by atoms with Gasteiger partial charge in [0.05, 0.1) is 21.2 Å². The van der Waals surface area contributed by atoms with Gasteiger partial charge in [-0.25, -0.2) is 4.79 Å². The van der Waals surface area contributed by atoms with Gasteiger partial charge in [0.1, 0.15) is 16.1 Å². The predicted molar refractivity (Wildman–Crippen MR) is 79.5 cm³/mol. The number of hydrogen-bond acceptors (Lipinski definition) is 4. The number of halogens is 5. The molecule has 0 radical (unpaired) electrons. The van der Waals surface area contributed by atoms with E-state index < -0.39 is 18.1 Å². The summed E-state index contributed by atoms with van der Waals surface area (Å²) in [7, 11) is 0. The topological polar surface area (TPSA) is 58.6 Å². The molecule has 0 aromatic heterocycles. The van der Waals surface area contributed by atoms with Crippen LogP contribution in [0.4, 0.5) is 0 Å². The highest BCUT2D eigenvalue weighted by molar-refractivity contribution is 6.55. The van der Waals surface area contributed by atoms with Crippen molar-refractivity contribution in [3.05, 3.63) is 25.1 Å². The largest absolute Gasteiger partial charge is 0.422 e. The molecule has 1 aromatic carbocycles. The van der Waals surface area contributed by atoms with E-state index in [1.54, 1.807) is 0 Å². The number of aliphatic hydroxyl groups is 1. The maximum Gasteiger partial charge on any atom is 0.328 e. The van der Waals surface area contributed by atoms with E-state index in [1.165, 1.54) is 0 Å². The minimum Gasteiger partial charge on any atom is -0.422 e. The van der Waals surface area contributed by atoms with Crippen LogP contribution in [-0.4, -0.2) is 29.8 Å². The summed E-state index contributed by atoms with van der Waals surface area (Å²) in [4.78, 5) is 11.9. The lowest BCUT2D eigenvalue weighted by Crippen LogP contribution is -2.34. The Labute approximate surface area is 139 Å². The zero-order valence-corrected chi connectivity index (χ0v) is 13.5. The summed E-state index contributed by atoms with van der Waals surface area (Å²) in [5, 5.41) is 11.9. The summed E-state index contributed by atoms with van der Waals surface area (Å²) in [6, 6.07) is -0.648. The lowest BCUT2D eigenvalue weighted by molar-refractivity contribution is -0.136. The molecular weight excluding hydrogens is 371 g/mol. The van der Waals surface area contributed by atoms with Crippen molar-refractivity contribution in [1.82, 2.24) is 5.32 Å². The second-order valence-corrected chi connectivity index (χ2v) is 6.06. The zero-order valence-electron chi connectivity index (χ0n) is 9.72. The summed E-state index contributed by atoms with van der Waals surface area (Å²) >= 11 is 29.5. The van der Waals surface area contributed by atoms with Crippen molar-refractivity contribution >= 4 is 64.0 Å². The molecule has 1 aromatic rings. The lowest BCUT2D eigenvalue weighted by Gasteiger charge is -2.14. The summed E-state index contributed by atoms with van der Waals surface area (Å²) < 4.78 is 5.12. The molecule has 2 rings (SSSR count). The van der Waals surface area contributed by atoms with E-state index in [9.17, 15) is 9.90 Å². The van der Waals surface area contributed by atoms with Gasteiger partial charge in [0.2, 0.25) is 0 Å². The molecule has 2 N–H and O–H groups in total. The van der Waals surface area contributed by atoms with E-state index in [0.717, 1.165) is 0 Å². The van der Waals surface area contributed by atoms with Gasteiger partial charge in [0, 0.05) is 13.0 Å². The molecule has 0 saturated carbocycles. The number of aliphatic hydroxyl groups excluding tert-OH is 1. The molecule has 1 heterocycles. The smallest absolute Gasteiger partial charge is 0.328 e. The van der Waals surface area contributed by atoms with Crippen molar-refractivity contribution in [2.24, 2.45) is 0 Å². The summed E-state index contributed by atoms with van der Waals surface area (Å²) in [5.74, 6) is -0.791. The Balaban J connectivity index is 2.28. The van der Waals surface area contributed by atoms with E-state index in [1.807, 2.05) is 0 Å². The minimum atomic E-state index is -0.648. The monoisotopic (exact) mass is 377 g/mol. The highest BCUT2D eigenvalue weighted by atomic mass is 35.5. The van der Waals surface area contributed by atoms with E-state index in [-0.39, 0.29) is 37.3 Å². The number of hydrogen-bond donors (Lipinski definition) is 2. The number of β-amino-alcohol motifs (C(OH)–C–C–N with tert-alkyl or cyclic N) is 1. The van der Waals surface area contributed by atoms with Crippen LogP contribution in [0.2, 0.25) is 25.1 Å². The van der Waals surface area contributed by atoms with Crippen molar-refractivity contribution < 1.29 is 14.6 Å². The van der Waals surface area contributed by atoms with Crippen LogP contribution in [0.1, 0.15) is 6.42 Å². The maximum absolute atomic E-state index is 11.9. The molecule has 1 saturated heterocycles. The molecule has 1 aliphatic rings. The van der Waals surface area contributed by atoms with Crippen molar-refractivity contribution in [2.75, 3.05) is 6.54 Å². The average Bonchev–Trinajstić information content (AvgIpc) is 2.85. The first kappa shape index (κ1) is 16.4. The van der Waals surface area contributed by atoms with E-state index in [4.69, 9.17) is 62.7 Å². The number of benzene rings is 1. The van der Waals surface area contributed by atoms with Crippen LogP contribution in [0.5, 0.6) is 5.75 Å². The number of carbonyl (C=O) groups excluding carboxylic acids is 1. The molecule has 2 atom stereocenters. The molecule has 4 nitrogen and oxygen atoms in total. The molecular formula is C11H8Cl5NO3. The Bertz CT molecular complexity index is 536. The van der Waals surface area contributed by atoms with Crippen molar-refractivity contribution in [3.63, 3.8) is 0 Å². The molecule has 0 bridgehead atoms. The predicted octanol–water partition coefficient (Wildman–Crippen LogP) is 3.58. The van der Waals surface area contributed by atoms with Gasteiger partial charge in [0.15, 0.2) is 5.75 Å². The van der Waals surface area contributed by atoms with Crippen LogP contribution in [-0.2, 0) is 4.79 Å². The molecule has 0 aliphatic carbocycles. The Morgan fingerprint density at radius 1 is 1.05 bits per heavy atom. The molecule has 20 heavy (non-hydrogen) atoms. The van der Waals surface area contributed by atoms with Crippen molar-refractivity contribution in [2.45, 2.75) is 18.6 Å². The zero-order chi connectivity index (χ0) is 15.0. The Morgan fingerprint density at radius 2 is 1.55 bits per heavy atom. The van der Waals surface area contributed by atoms with Gasteiger partial charge < -0.3 is 15.2 Å². The van der Waals surface area contributed by atoms with Gasteiger partial charge in [-0.1, -0.05) is 58.0 Å². The van der Waals surface area contributed by atoms with Crippen molar-refractivity contribution in [1.29, 1.82) is 0 Å². The van der Waals surface area contributed by atoms with Gasteiger partial charge >= 0.3 is 5.97 Å². The molecule has 0 amide bonds. The lowest BCUT2D eigenvalue weighted by atomic mass is 10.2. The van der Waals surface area contributed by atoms with Gasteiger partial charge in [-0.3, -0.25) is 0 Å². The van der Waals surface area contributed by atoms with E-state index >= 15 is 0 Å². The average molecular weight is 379 g/mol. The normalized spacial score (nSPS) is 22.1. The highest BCUT2D eigenvalue weighted by Gasteiger charge is 2.31. The fourth-order valence-electron chi connectivity index (χ4n) is 1.74. The van der Waals surface area contributed by atoms with Gasteiger partial charge in [0.25, 0.3) is 0 Å². The number of nitrogens with one attached hydrogen (secondary N) is 1. The van der Waals surface area contributed by atoms with E-state index in [2.05, 4.69) is 5.32 Å². The molecule has 1 aliphatic heterocycles. The summed E-state index contributed by atoms with van der Waals surface area (Å²) in [5.41, 5.74) is 0. The SMILES string of the molecule is O=C(Oc1c(Cl)c(Cl)c(Cl)c(Cl)c1Cl)[C@@H]1C[C@@H](O)CN1. The molecule has 0 spiro atoms. The number of esters is 1. The van der Waals surface area contributed by atoms with Crippen LogP contribution < -0.4 is 10.1 Å². The Morgan fingerprint density at radius 3 is 2.00 bits per heavy atom. The van der Waals surface area contributed by atoms with Crippen LogP contribution in [0.25, 0.3) is 0 Å². The fourth-order valence-corrected chi connectivity index (χ4v) is 2.94. The van der Waals surface area contributed by atoms with Crippen LogP contribution in [0.3, 0.4) is 0 Å². The summed E-state index contributed by atoms with van der Waals surface area (Å²) in [6.45, 7) is 0.309. The number of rotatable bonds is 2. The first-order valence-electron chi connectivity index (χ1n) is 5.47. The number of ether oxygens (including phenoxy) is 1. The highest BCUT2D eigenvalue weighted by Crippen LogP contribution is 2.48. The molecule has 0 unspecified atom stereocenters. The standard InChI is InChI=1S/C11H8Cl5NO3/c12-5-6(13)8(15)10(9(16)7(5)14)20-11(19)4-1-3(18)2-17-4/h3-4,17-18H,1-2H2/t3-,4+/m1/s1. The third kappa shape index (κ3) is 3.12. The Hall–Kier alpha value is 0.0600. The Kier molecular flexibility index (Phi) is 5.29. The van der Waals surface area contributed by atoms with E-state index in [0.29, 0.717) is 6.54 Å². The fraction of sp³-hybridized carbons (Fsp3) is 0.364. The van der Waals surface area contributed by atoms with Gasteiger partial charge in [-0.15, -0.1) is 0 Å². The third-order valence-corrected chi connectivity index (χ3v) is 5.01. The quantitative estimate of drug-likeness (QED) is 0.357. The second kappa shape index (κ2) is 6.44. The second-order valence-electron chi connectivity index (χ2n) is 4.17. The van der Waals surface area contributed by atoms with Gasteiger partial charge in [-0.05, 0) is 0 Å². The molecule has 9 heteroatoms. The molecule has 110 valence electrons.